The topological polar surface area (TPSA) is 78.9 Å². The third kappa shape index (κ3) is 2.85. The molecule has 1 aromatic carbocycles. The van der Waals surface area contributed by atoms with Gasteiger partial charge in [-0.1, -0.05) is 30.3 Å². The average Bonchev–Trinajstić information content (AvgIpc) is 2.58. The van der Waals surface area contributed by atoms with Gasteiger partial charge >= 0.3 is 6.09 Å². The van der Waals surface area contributed by atoms with E-state index in [9.17, 15) is 14.7 Å². The first-order chi connectivity index (χ1) is 9.76. The molecule has 1 aromatic rings. The summed E-state index contributed by atoms with van der Waals surface area (Å²) in [4.78, 5) is 23.0. The molecule has 0 bridgehead atoms. The number of carbonyl (C=O) groups is 2. The fourth-order valence-electron chi connectivity index (χ4n) is 2.38. The zero-order chi connectivity index (χ0) is 15.7. The molecular weight excluding hydrogens is 272 g/mol. The van der Waals surface area contributed by atoms with Gasteiger partial charge in [0.25, 0.3) is 0 Å². The lowest BCUT2D eigenvalue weighted by atomic mass is 9.87. The zero-order valence-electron chi connectivity index (χ0n) is 12.4. The lowest BCUT2D eigenvalue weighted by Crippen LogP contribution is -2.60. The molecule has 2 amide bonds. The molecule has 1 aliphatic rings. The molecular formula is C15H20N2O4. The lowest BCUT2D eigenvalue weighted by molar-refractivity contribution is -0.159. The molecule has 0 unspecified atom stereocenters. The van der Waals surface area contributed by atoms with Gasteiger partial charge in [0.2, 0.25) is 5.91 Å². The highest BCUT2D eigenvalue weighted by atomic mass is 16.6. The molecule has 1 heterocycles. The minimum absolute atomic E-state index is 0.436. The van der Waals surface area contributed by atoms with Crippen LogP contribution in [0.2, 0.25) is 0 Å². The number of carbonyl (C=O) groups excluding carboxylic acids is 2. The maximum atomic E-state index is 11.9. The average molecular weight is 292 g/mol. The van der Waals surface area contributed by atoms with Gasteiger partial charge in [-0.05, 0) is 32.3 Å². The predicted octanol–water partition coefficient (Wildman–Crippen LogP) is 1.59. The van der Waals surface area contributed by atoms with Gasteiger partial charge in [0.15, 0.2) is 11.3 Å². The van der Waals surface area contributed by atoms with E-state index in [-0.39, 0.29) is 0 Å². The molecule has 2 rings (SSSR count). The van der Waals surface area contributed by atoms with Crippen molar-refractivity contribution in [1.29, 1.82) is 0 Å². The van der Waals surface area contributed by atoms with Crippen molar-refractivity contribution < 1.29 is 19.4 Å². The largest absolute Gasteiger partial charge is 0.437 e. The van der Waals surface area contributed by atoms with E-state index < -0.39 is 23.3 Å². The molecule has 1 fully saturated rings. The van der Waals surface area contributed by atoms with E-state index in [1.165, 1.54) is 13.8 Å². The molecule has 0 saturated carbocycles. The summed E-state index contributed by atoms with van der Waals surface area (Å²) in [6, 6.07) is 9.73. The second-order valence-corrected chi connectivity index (χ2v) is 5.61. The summed E-state index contributed by atoms with van der Waals surface area (Å²) in [5.41, 5.74) is 0.662. The van der Waals surface area contributed by atoms with Crippen LogP contribution in [-0.2, 0) is 16.0 Å². The normalized spacial score (nSPS) is 28.4. The van der Waals surface area contributed by atoms with E-state index in [1.807, 2.05) is 30.3 Å². The van der Waals surface area contributed by atoms with Crippen molar-refractivity contribution in [3.8, 4) is 0 Å². The van der Waals surface area contributed by atoms with Crippen LogP contribution < -0.4 is 5.43 Å². The third-order valence-electron chi connectivity index (χ3n) is 3.94. The smallest absolute Gasteiger partial charge is 0.432 e. The predicted molar refractivity (Wildman–Crippen MR) is 75.9 cm³/mol. The molecule has 0 radical (unpaired) electrons. The summed E-state index contributed by atoms with van der Waals surface area (Å²) in [5.74, 6) is -0.445. The molecule has 6 nitrogen and oxygen atoms in total. The molecule has 0 aromatic heterocycles. The third-order valence-corrected chi connectivity index (χ3v) is 3.94. The Morgan fingerprint density at radius 1 is 1.33 bits per heavy atom. The first-order valence-electron chi connectivity index (χ1n) is 6.83. The van der Waals surface area contributed by atoms with Gasteiger partial charge in [0, 0.05) is 6.92 Å². The number of rotatable bonds is 4. The number of hydrazine groups is 1. The molecule has 2 atom stereocenters. The van der Waals surface area contributed by atoms with E-state index in [0.717, 1.165) is 10.6 Å². The van der Waals surface area contributed by atoms with Crippen molar-refractivity contribution in [2.45, 2.75) is 44.9 Å². The fraction of sp³-hybridized carbons (Fsp3) is 0.467. The van der Waals surface area contributed by atoms with Crippen LogP contribution in [0.5, 0.6) is 0 Å². The summed E-state index contributed by atoms with van der Waals surface area (Å²) in [5, 5.41) is 11.5. The van der Waals surface area contributed by atoms with Crippen LogP contribution in [0, 0.1) is 0 Å². The van der Waals surface area contributed by atoms with E-state index >= 15 is 0 Å². The number of aliphatic hydroxyl groups is 1. The highest BCUT2D eigenvalue weighted by Crippen LogP contribution is 2.39. The standard InChI is InChI=1S/C15H20N2O4/c1-11(18)16-17-13(19)21-14(2,15(17,3)20)10-9-12-7-5-4-6-8-12/h4-8,20H,9-10H2,1-3H3,(H,16,18)/t14-,15-/m0/s1. The molecule has 21 heavy (non-hydrogen) atoms. The minimum Gasteiger partial charge on any atom is -0.437 e. The van der Waals surface area contributed by atoms with Crippen LogP contribution in [0.25, 0.3) is 0 Å². The van der Waals surface area contributed by atoms with Crippen LogP contribution in [0.4, 0.5) is 4.79 Å². The van der Waals surface area contributed by atoms with Crippen LogP contribution >= 0.6 is 0 Å². The summed E-state index contributed by atoms with van der Waals surface area (Å²) in [6.45, 7) is 4.39. The van der Waals surface area contributed by atoms with Gasteiger partial charge in [-0.25, -0.2) is 4.79 Å². The summed E-state index contributed by atoms with van der Waals surface area (Å²) in [7, 11) is 0. The Labute approximate surface area is 123 Å². The molecule has 6 heteroatoms. The summed E-state index contributed by atoms with van der Waals surface area (Å²) < 4.78 is 5.32. The fourth-order valence-corrected chi connectivity index (χ4v) is 2.38. The van der Waals surface area contributed by atoms with Crippen LogP contribution in [0.15, 0.2) is 30.3 Å². The number of ether oxygens (including phenoxy) is 1. The van der Waals surface area contributed by atoms with Crippen molar-refractivity contribution in [3.05, 3.63) is 35.9 Å². The number of hydrogen-bond donors (Lipinski definition) is 2. The number of nitrogens with zero attached hydrogens (tertiary/aromatic N) is 1. The zero-order valence-corrected chi connectivity index (χ0v) is 12.4. The van der Waals surface area contributed by atoms with Gasteiger partial charge in [0.1, 0.15) is 0 Å². The first kappa shape index (κ1) is 15.3. The van der Waals surface area contributed by atoms with Gasteiger partial charge in [-0.15, -0.1) is 0 Å². The second-order valence-electron chi connectivity index (χ2n) is 5.61. The SMILES string of the molecule is CC(=O)NN1C(=O)O[C@@](C)(CCc2ccccc2)[C@]1(C)O. The van der Waals surface area contributed by atoms with Gasteiger partial charge in [0.05, 0.1) is 0 Å². The highest BCUT2D eigenvalue weighted by molar-refractivity contribution is 5.79. The minimum atomic E-state index is -1.62. The second kappa shape index (κ2) is 5.37. The monoisotopic (exact) mass is 292 g/mol. The Balaban J connectivity index is 2.14. The number of aryl methyl sites for hydroxylation is 1. The van der Waals surface area contributed by atoms with Gasteiger partial charge in [-0.2, -0.15) is 5.01 Å². The lowest BCUT2D eigenvalue weighted by Gasteiger charge is -2.36. The molecule has 114 valence electrons. The van der Waals surface area contributed by atoms with Crippen molar-refractivity contribution >= 4 is 12.0 Å². The first-order valence-corrected chi connectivity index (χ1v) is 6.83. The summed E-state index contributed by atoms with van der Waals surface area (Å²) in [6.07, 6.45) is 0.325. The van der Waals surface area contributed by atoms with Crippen molar-refractivity contribution in [1.82, 2.24) is 10.4 Å². The Bertz CT molecular complexity index is 544. The van der Waals surface area contributed by atoms with Gasteiger partial charge in [-0.3, -0.25) is 10.2 Å². The number of benzene rings is 1. The van der Waals surface area contributed by atoms with Crippen molar-refractivity contribution in [3.63, 3.8) is 0 Å². The Morgan fingerprint density at radius 3 is 2.52 bits per heavy atom. The maximum absolute atomic E-state index is 11.9. The van der Waals surface area contributed by atoms with E-state index in [1.54, 1.807) is 6.92 Å². The molecule has 2 N–H and O–H groups in total. The summed E-state index contributed by atoms with van der Waals surface area (Å²) >= 11 is 0. The van der Waals surface area contributed by atoms with E-state index in [2.05, 4.69) is 5.43 Å². The van der Waals surface area contributed by atoms with Crippen molar-refractivity contribution in [2.75, 3.05) is 0 Å². The number of nitrogens with one attached hydrogen (secondary N) is 1. The molecule has 0 aliphatic carbocycles. The van der Waals surface area contributed by atoms with E-state index in [0.29, 0.717) is 12.8 Å². The Morgan fingerprint density at radius 2 is 1.95 bits per heavy atom. The molecule has 1 aliphatic heterocycles. The number of hydrogen-bond acceptors (Lipinski definition) is 4. The quantitative estimate of drug-likeness (QED) is 0.883. The Hall–Kier alpha value is -2.08. The Kier molecular flexibility index (Phi) is 3.91. The van der Waals surface area contributed by atoms with Crippen molar-refractivity contribution in [2.24, 2.45) is 0 Å². The maximum Gasteiger partial charge on any atom is 0.432 e. The van der Waals surface area contributed by atoms with E-state index in [4.69, 9.17) is 4.74 Å². The van der Waals surface area contributed by atoms with Gasteiger partial charge < -0.3 is 9.84 Å². The number of amides is 2. The van der Waals surface area contributed by atoms with Crippen LogP contribution in [0.3, 0.4) is 0 Å². The molecule has 1 saturated heterocycles. The molecule has 0 spiro atoms. The number of cyclic esters (lactones) is 1. The van der Waals surface area contributed by atoms with Crippen LogP contribution in [0.1, 0.15) is 32.8 Å². The highest BCUT2D eigenvalue weighted by Gasteiger charge is 2.59. The van der Waals surface area contributed by atoms with Crippen LogP contribution in [-0.4, -0.2) is 33.4 Å².